The fourth-order valence-electron chi connectivity index (χ4n) is 1.49. The minimum atomic E-state index is 0.135. The molecule has 0 fully saturated rings. The summed E-state index contributed by atoms with van der Waals surface area (Å²) < 4.78 is 0. The van der Waals surface area contributed by atoms with E-state index >= 15 is 0 Å². The maximum absolute atomic E-state index is 6.36. The van der Waals surface area contributed by atoms with Crippen molar-refractivity contribution in [3.8, 4) is 0 Å². The average molecular weight is 300 g/mol. The first-order valence-corrected chi connectivity index (χ1v) is 8.34. The highest BCUT2D eigenvalue weighted by Crippen LogP contribution is 2.30. The normalized spacial score (nSPS) is 13.6. The monoisotopic (exact) mass is 299 g/mol. The van der Waals surface area contributed by atoms with Gasteiger partial charge in [-0.05, 0) is 44.4 Å². The molecule has 0 aromatic heterocycles. The van der Waals surface area contributed by atoms with Gasteiger partial charge in [0, 0.05) is 22.7 Å². The summed E-state index contributed by atoms with van der Waals surface area (Å²) in [6.07, 6.45) is 1.22. The van der Waals surface area contributed by atoms with Crippen molar-refractivity contribution in [3.05, 3.63) is 28.8 Å². The van der Waals surface area contributed by atoms with E-state index in [1.54, 1.807) is 0 Å². The second kappa shape index (κ2) is 7.56. The standard InChI is InChI=1S/C16H26ClNS/c1-6-12(2)11-19-15-8-7-13(9-14(15)17)10-18-16(3,4)5/h7-9,12,18H,6,10-11H2,1-5H3. The number of benzene rings is 1. The minimum absolute atomic E-state index is 0.135. The van der Waals surface area contributed by atoms with Gasteiger partial charge in [0.2, 0.25) is 0 Å². The summed E-state index contributed by atoms with van der Waals surface area (Å²) in [4.78, 5) is 1.20. The predicted molar refractivity (Wildman–Crippen MR) is 88.2 cm³/mol. The van der Waals surface area contributed by atoms with Gasteiger partial charge in [-0.25, -0.2) is 0 Å². The molecule has 0 saturated carbocycles. The van der Waals surface area contributed by atoms with Crippen LogP contribution < -0.4 is 5.32 Å². The van der Waals surface area contributed by atoms with E-state index < -0.39 is 0 Å². The molecule has 0 spiro atoms. The summed E-state index contributed by atoms with van der Waals surface area (Å²) in [7, 11) is 0. The Kier molecular flexibility index (Phi) is 6.72. The lowest BCUT2D eigenvalue weighted by atomic mass is 10.1. The minimum Gasteiger partial charge on any atom is -0.308 e. The van der Waals surface area contributed by atoms with Gasteiger partial charge in [0.05, 0.1) is 5.02 Å². The molecule has 0 amide bonds. The number of rotatable bonds is 6. The lowest BCUT2D eigenvalue weighted by Gasteiger charge is -2.20. The van der Waals surface area contributed by atoms with Crippen LogP contribution in [0.25, 0.3) is 0 Å². The molecular weight excluding hydrogens is 274 g/mol. The molecule has 1 aromatic rings. The Bertz CT molecular complexity index is 398. The van der Waals surface area contributed by atoms with Gasteiger partial charge in [-0.3, -0.25) is 0 Å². The fourth-order valence-corrected chi connectivity index (χ4v) is 2.92. The quantitative estimate of drug-likeness (QED) is 0.709. The predicted octanol–water partition coefficient (Wildman–Crippen LogP) is 5.37. The van der Waals surface area contributed by atoms with Crippen LogP contribution >= 0.6 is 23.4 Å². The van der Waals surface area contributed by atoms with Gasteiger partial charge >= 0.3 is 0 Å². The second-order valence-corrected chi connectivity index (χ2v) is 7.66. The molecular formula is C16H26ClNS. The molecule has 1 aromatic carbocycles. The molecule has 0 saturated heterocycles. The summed E-state index contributed by atoms with van der Waals surface area (Å²) in [5.74, 6) is 1.87. The Balaban J connectivity index is 2.59. The number of halogens is 1. The van der Waals surface area contributed by atoms with Crippen LogP contribution in [-0.4, -0.2) is 11.3 Å². The molecule has 0 bridgehead atoms. The molecule has 0 aliphatic heterocycles. The number of hydrogen-bond donors (Lipinski definition) is 1. The van der Waals surface area contributed by atoms with E-state index in [0.717, 1.165) is 23.2 Å². The lowest BCUT2D eigenvalue weighted by Crippen LogP contribution is -2.35. The van der Waals surface area contributed by atoms with E-state index in [1.807, 2.05) is 11.8 Å². The van der Waals surface area contributed by atoms with Gasteiger partial charge < -0.3 is 5.32 Å². The van der Waals surface area contributed by atoms with Crippen LogP contribution in [0.3, 0.4) is 0 Å². The molecule has 0 radical (unpaired) electrons. The third kappa shape index (κ3) is 6.69. The first-order valence-electron chi connectivity index (χ1n) is 6.98. The first kappa shape index (κ1) is 16.9. The van der Waals surface area contributed by atoms with Crippen molar-refractivity contribution in [1.82, 2.24) is 5.32 Å². The van der Waals surface area contributed by atoms with Crippen molar-refractivity contribution in [1.29, 1.82) is 0 Å². The SMILES string of the molecule is CCC(C)CSc1ccc(CNC(C)(C)C)cc1Cl. The summed E-state index contributed by atoms with van der Waals surface area (Å²) in [5, 5.41) is 4.36. The molecule has 1 rings (SSSR count). The van der Waals surface area contributed by atoms with E-state index in [2.05, 4.69) is 58.1 Å². The zero-order valence-electron chi connectivity index (χ0n) is 12.7. The fraction of sp³-hybridized carbons (Fsp3) is 0.625. The number of nitrogens with one attached hydrogen (secondary N) is 1. The maximum Gasteiger partial charge on any atom is 0.0545 e. The summed E-state index contributed by atoms with van der Waals surface area (Å²) in [5.41, 5.74) is 1.38. The highest BCUT2D eigenvalue weighted by molar-refractivity contribution is 7.99. The summed E-state index contributed by atoms with van der Waals surface area (Å²) in [6, 6.07) is 6.40. The van der Waals surface area contributed by atoms with Crippen LogP contribution in [0.1, 0.15) is 46.6 Å². The van der Waals surface area contributed by atoms with E-state index in [1.165, 1.54) is 16.9 Å². The smallest absolute Gasteiger partial charge is 0.0545 e. The van der Waals surface area contributed by atoms with Gasteiger partial charge in [0.25, 0.3) is 0 Å². The lowest BCUT2D eigenvalue weighted by molar-refractivity contribution is 0.424. The molecule has 1 N–H and O–H groups in total. The Morgan fingerprint density at radius 3 is 2.53 bits per heavy atom. The van der Waals surface area contributed by atoms with Crippen molar-refractivity contribution >= 4 is 23.4 Å². The van der Waals surface area contributed by atoms with Crippen LogP contribution in [0.2, 0.25) is 5.02 Å². The molecule has 1 unspecified atom stereocenters. The van der Waals surface area contributed by atoms with Crippen LogP contribution in [0.4, 0.5) is 0 Å². The molecule has 0 aliphatic rings. The van der Waals surface area contributed by atoms with E-state index in [-0.39, 0.29) is 5.54 Å². The average Bonchev–Trinajstić information content (AvgIpc) is 2.34. The van der Waals surface area contributed by atoms with Crippen molar-refractivity contribution in [2.75, 3.05) is 5.75 Å². The molecule has 1 atom stereocenters. The zero-order chi connectivity index (χ0) is 14.5. The topological polar surface area (TPSA) is 12.0 Å². The molecule has 0 aliphatic carbocycles. The molecule has 1 nitrogen and oxygen atoms in total. The van der Waals surface area contributed by atoms with Crippen LogP contribution in [0, 0.1) is 5.92 Å². The molecule has 3 heteroatoms. The van der Waals surface area contributed by atoms with Gasteiger partial charge in [-0.1, -0.05) is 37.9 Å². The Labute approximate surface area is 127 Å². The number of hydrogen-bond acceptors (Lipinski definition) is 2. The molecule has 108 valence electrons. The number of thioether (sulfide) groups is 1. The second-order valence-electron chi connectivity index (χ2n) is 6.19. The molecule has 0 heterocycles. The first-order chi connectivity index (χ1) is 8.81. The van der Waals surface area contributed by atoms with Crippen molar-refractivity contribution in [3.63, 3.8) is 0 Å². The zero-order valence-corrected chi connectivity index (χ0v) is 14.3. The third-order valence-corrected chi connectivity index (χ3v) is 4.87. The van der Waals surface area contributed by atoms with Crippen molar-refractivity contribution in [2.24, 2.45) is 5.92 Å². The Hall–Kier alpha value is -0.180. The maximum atomic E-state index is 6.36. The Morgan fingerprint density at radius 1 is 1.32 bits per heavy atom. The summed E-state index contributed by atoms with van der Waals surface area (Å²) in [6.45, 7) is 11.9. The van der Waals surface area contributed by atoms with Crippen LogP contribution in [-0.2, 0) is 6.54 Å². The van der Waals surface area contributed by atoms with Crippen LogP contribution in [0.5, 0.6) is 0 Å². The van der Waals surface area contributed by atoms with Gasteiger partial charge in [0.1, 0.15) is 0 Å². The third-order valence-electron chi connectivity index (χ3n) is 3.04. The van der Waals surface area contributed by atoms with Crippen LogP contribution in [0.15, 0.2) is 23.1 Å². The highest BCUT2D eigenvalue weighted by Gasteiger charge is 2.10. The summed E-state index contributed by atoms with van der Waals surface area (Å²) >= 11 is 8.22. The highest BCUT2D eigenvalue weighted by atomic mass is 35.5. The van der Waals surface area contributed by atoms with Gasteiger partial charge in [0.15, 0.2) is 0 Å². The van der Waals surface area contributed by atoms with Crippen molar-refractivity contribution in [2.45, 2.75) is 58.0 Å². The van der Waals surface area contributed by atoms with Crippen molar-refractivity contribution < 1.29 is 0 Å². The largest absolute Gasteiger partial charge is 0.308 e. The molecule has 19 heavy (non-hydrogen) atoms. The Morgan fingerprint density at radius 2 is 2.00 bits per heavy atom. The van der Waals surface area contributed by atoms with E-state index in [9.17, 15) is 0 Å². The van der Waals surface area contributed by atoms with Gasteiger partial charge in [-0.2, -0.15) is 0 Å². The van der Waals surface area contributed by atoms with E-state index in [0.29, 0.717) is 0 Å². The van der Waals surface area contributed by atoms with Gasteiger partial charge in [-0.15, -0.1) is 11.8 Å². The van der Waals surface area contributed by atoms with E-state index in [4.69, 9.17) is 11.6 Å².